The lowest BCUT2D eigenvalue weighted by Crippen LogP contribution is -2.52. The van der Waals surface area contributed by atoms with Gasteiger partial charge in [-0.15, -0.1) is 11.3 Å². The first-order valence-electron chi connectivity index (χ1n) is 8.13. The highest BCUT2D eigenvalue weighted by Gasteiger charge is 2.37. The van der Waals surface area contributed by atoms with Crippen LogP contribution < -0.4 is 5.32 Å². The first kappa shape index (κ1) is 16.4. The molecule has 2 fully saturated rings. The summed E-state index contributed by atoms with van der Waals surface area (Å²) in [7, 11) is 0. The summed E-state index contributed by atoms with van der Waals surface area (Å²) in [5.74, 6) is -0.0554. The van der Waals surface area contributed by atoms with E-state index in [2.05, 4.69) is 15.2 Å². The van der Waals surface area contributed by atoms with Crippen LogP contribution >= 0.6 is 11.3 Å². The summed E-state index contributed by atoms with van der Waals surface area (Å²) in [6, 6.07) is 0.665. The zero-order chi connectivity index (χ0) is 16.6. The Balaban J connectivity index is 1.52. The number of Topliss-reactive ketones (excluding diaryl/α,β-unsaturated/α-hetero) is 1. The number of ketones is 1. The van der Waals surface area contributed by atoms with Crippen LogP contribution in [0, 0.1) is 12.8 Å². The zero-order valence-electron chi connectivity index (χ0n) is 13.5. The Morgan fingerprint density at radius 3 is 2.61 bits per heavy atom. The minimum absolute atomic E-state index is 0.00430. The van der Waals surface area contributed by atoms with E-state index in [4.69, 9.17) is 5.11 Å². The maximum absolute atomic E-state index is 11.5. The molecular weight excluding hydrogens is 314 g/mol. The monoisotopic (exact) mass is 337 g/mol. The van der Waals surface area contributed by atoms with E-state index in [0.29, 0.717) is 23.7 Å². The molecule has 7 heteroatoms. The molecule has 1 aromatic rings. The number of aromatic nitrogens is 1. The van der Waals surface area contributed by atoms with E-state index in [1.54, 1.807) is 0 Å². The normalized spacial score (nSPS) is 23.6. The molecule has 0 unspecified atom stereocenters. The molecule has 0 aliphatic heterocycles. The van der Waals surface area contributed by atoms with E-state index in [1.165, 1.54) is 31.1 Å². The van der Waals surface area contributed by atoms with E-state index < -0.39 is 5.97 Å². The number of carbonyl (C=O) groups is 2. The second-order valence-corrected chi connectivity index (χ2v) is 7.92. The fourth-order valence-electron chi connectivity index (χ4n) is 3.11. The number of aliphatic carboxylic acids is 1. The maximum Gasteiger partial charge on any atom is 0.317 e. The van der Waals surface area contributed by atoms with Gasteiger partial charge in [-0.25, -0.2) is 4.98 Å². The second kappa shape index (κ2) is 6.57. The van der Waals surface area contributed by atoms with Crippen LogP contribution in [0.1, 0.15) is 48.0 Å². The molecule has 126 valence electrons. The average Bonchev–Trinajstić information content (AvgIpc) is 3.13. The average molecular weight is 337 g/mol. The number of carboxylic acids is 1. The number of thiazole rings is 1. The molecule has 0 amide bonds. The van der Waals surface area contributed by atoms with Crippen molar-refractivity contribution in [2.24, 2.45) is 5.92 Å². The number of carboxylic acid groups (broad SMARTS) is 1. The van der Waals surface area contributed by atoms with Crippen molar-refractivity contribution in [3.63, 3.8) is 0 Å². The number of aryl methyl sites for hydroxylation is 1. The van der Waals surface area contributed by atoms with Gasteiger partial charge in [0.05, 0.1) is 6.54 Å². The Hall–Kier alpha value is -1.47. The van der Waals surface area contributed by atoms with Crippen LogP contribution in [0.2, 0.25) is 0 Å². The third-order valence-corrected chi connectivity index (χ3v) is 5.52. The fourth-order valence-corrected chi connectivity index (χ4v) is 4.05. The highest BCUT2D eigenvalue weighted by molar-refractivity contribution is 7.15. The van der Waals surface area contributed by atoms with Gasteiger partial charge in [0.25, 0.3) is 0 Å². The maximum atomic E-state index is 11.5. The topological polar surface area (TPSA) is 82.5 Å². The van der Waals surface area contributed by atoms with Crippen molar-refractivity contribution in [3.05, 3.63) is 10.6 Å². The van der Waals surface area contributed by atoms with Gasteiger partial charge < -0.3 is 10.4 Å². The lowest BCUT2D eigenvalue weighted by Gasteiger charge is -2.42. The molecule has 2 saturated carbocycles. The molecule has 1 heterocycles. The molecule has 0 spiro atoms. The van der Waals surface area contributed by atoms with Crippen LogP contribution in [0.3, 0.4) is 0 Å². The molecule has 23 heavy (non-hydrogen) atoms. The van der Waals surface area contributed by atoms with Crippen molar-refractivity contribution in [2.45, 2.75) is 51.6 Å². The van der Waals surface area contributed by atoms with Gasteiger partial charge in [-0.1, -0.05) is 0 Å². The van der Waals surface area contributed by atoms with Crippen molar-refractivity contribution in [2.75, 3.05) is 18.4 Å². The predicted octanol–water partition coefficient (Wildman–Crippen LogP) is 2.39. The van der Waals surface area contributed by atoms with Gasteiger partial charge in [-0.2, -0.15) is 0 Å². The van der Waals surface area contributed by atoms with Crippen molar-refractivity contribution < 1.29 is 14.7 Å². The van der Waals surface area contributed by atoms with Gasteiger partial charge in [0.15, 0.2) is 10.9 Å². The minimum atomic E-state index is -0.747. The molecule has 2 N–H and O–H groups in total. The van der Waals surface area contributed by atoms with Gasteiger partial charge >= 0.3 is 5.97 Å². The molecule has 1 aromatic heterocycles. The molecule has 0 aromatic carbocycles. The van der Waals surface area contributed by atoms with Crippen molar-refractivity contribution in [1.82, 2.24) is 9.88 Å². The van der Waals surface area contributed by atoms with E-state index in [9.17, 15) is 9.59 Å². The first-order valence-corrected chi connectivity index (χ1v) is 8.94. The van der Waals surface area contributed by atoms with Crippen LogP contribution in [0.5, 0.6) is 0 Å². The van der Waals surface area contributed by atoms with Gasteiger partial charge in [-0.05, 0) is 38.5 Å². The van der Waals surface area contributed by atoms with Gasteiger partial charge in [-0.3, -0.25) is 14.5 Å². The van der Waals surface area contributed by atoms with Crippen molar-refractivity contribution >= 4 is 28.2 Å². The quantitative estimate of drug-likeness (QED) is 0.709. The number of hydrogen-bond acceptors (Lipinski definition) is 6. The predicted molar refractivity (Wildman–Crippen MR) is 89.2 cm³/mol. The Kier molecular flexibility index (Phi) is 4.68. The minimum Gasteiger partial charge on any atom is -0.480 e. The third kappa shape index (κ3) is 4.09. The van der Waals surface area contributed by atoms with E-state index in [0.717, 1.165) is 29.4 Å². The Morgan fingerprint density at radius 2 is 2.09 bits per heavy atom. The highest BCUT2D eigenvalue weighted by atomic mass is 32.1. The molecule has 3 rings (SSSR count). The summed E-state index contributed by atoms with van der Waals surface area (Å²) in [5, 5.41) is 13.3. The number of hydrogen-bond donors (Lipinski definition) is 2. The van der Waals surface area contributed by atoms with Crippen LogP contribution in [-0.2, 0) is 4.79 Å². The molecule has 0 bridgehead atoms. The summed E-state index contributed by atoms with van der Waals surface area (Å²) >= 11 is 1.51. The van der Waals surface area contributed by atoms with Crippen LogP contribution in [-0.4, -0.2) is 51.9 Å². The van der Waals surface area contributed by atoms with E-state index >= 15 is 0 Å². The first-order chi connectivity index (χ1) is 10.9. The third-order valence-electron chi connectivity index (χ3n) is 4.62. The molecule has 2 aliphatic carbocycles. The Morgan fingerprint density at radius 1 is 1.39 bits per heavy atom. The summed E-state index contributed by atoms with van der Waals surface area (Å²) in [6.07, 6.45) is 4.34. The number of nitrogens with zero attached hydrogens (tertiary/aromatic N) is 2. The number of nitrogens with one attached hydrogen (secondary N) is 1. The lowest BCUT2D eigenvalue weighted by atomic mass is 9.85. The summed E-state index contributed by atoms with van der Waals surface area (Å²) in [4.78, 5) is 29.9. The lowest BCUT2D eigenvalue weighted by molar-refractivity contribution is -0.139. The molecule has 0 radical (unpaired) electrons. The largest absolute Gasteiger partial charge is 0.480 e. The fraction of sp³-hybridized carbons (Fsp3) is 0.688. The summed E-state index contributed by atoms with van der Waals surface area (Å²) in [5.41, 5.74) is 0.551. The number of anilines is 1. The van der Waals surface area contributed by atoms with E-state index in [-0.39, 0.29) is 12.3 Å². The van der Waals surface area contributed by atoms with Gasteiger partial charge in [0.1, 0.15) is 5.69 Å². The standard InChI is InChI=1S/C16H23N3O3S/c1-9(20)15-10(2)23-16(18-15)17-12-5-13(6-12)19(8-14(21)22)7-11-3-4-11/h11-13H,3-8H2,1-2H3,(H,17,18)(H,21,22). The molecular formula is C16H23N3O3S. The Labute approximate surface area is 139 Å². The van der Waals surface area contributed by atoms with E-state index in [1.807, 2.05) is 6.92 Å². The SMILES string of the molecule is CC(=O)c1nc(NC2CC(N(CC(=O)O)CC3CC3)C2)sc1C. The van der Waals surface area contributed by atoms with Gasteiger partial charge in [0.2, 0.25) is 0 Å². The van der Waals surface area contributed by atoms with Crippen LogP contribution in [0.15, 0.2) is 0 Å². The molecule has 0 saturated heterocycles. The van der Waals surface area contributed by atoms with Crippen LogP contribution in [0.25, 0.3) is 0 Å². The number of carbonyl (C=O) groups excluding carboxylic acids is 1. The number of rotatable bonds is 8. The smallest absolute Gasteiger partial charge is 0.317 e. The highest BCUT2D eigenvalue weighted by Crippen LogP contribution is 2.35. The van der Waals surface area contributed by atoms with Gasteiger partial charge in [0, 0.05) is 30.4 Å². The molecule has 0 atom stereocenters. The van der Waals surface area contributed by atoms with Crippen LogP contribution in [0.4, 0.5) is 5.13 Å². The molecule has 6 nitrogen and oxygen atoms in total. The second-order valence-electron chi connectivity index (χ2n) is 6.71. The van der Waals surface area contributed by atoms with Crippen molar-refractivity contribution in [3.8, 4) is 0 Å². The zero-order valence-corrected chi connectivity index (χ0v) is 14.4. The molecule has 2 aliphatic rings. The Bertz CT molecular complexity index is 606. The van der Waals surface area contributed by atoms with Crippen molar-refractivity contribution in [1.29, 1.82) is 0 Å². The summed E-state index contributed by atoms with van der Waals surface area (Å²) in [6.45, 7) is 4.49. The summed E-state index contributed by atoms with van der Waals surface area (Å²) < 4.78 is 0.